The molecule has 0 spiro atoms. The van der Waals surface area contributed by atoms with Crippen LogP contribution in [0.15, 0.2) is 4.52 Å². The van der Waals surface area contributed by atoms with Crippen molar-refractivity contribution in [3.63, 3.8) is 0 Å². The summed E-state index contributed by atoms with van der Waals surface area (Å²) >= 11 is 0. The minimum atomic E-state index is -0.521. The predicted octanol–water partition coefficient (Wildman–Crippen LogP) is 0.139. The van der Waals surface area contributed by atoms with E-state index in [2.05, 4.69) is 26.1 Å². The Morgan fingerprint density at radius 3 is 2.81 bits per heavy atom. The molecular formula is C13H21N5O3. The lowest BCUT2D eigenvalue weighted by Gasteiger charge is -2.20. The van der Waals surface area contributed by atoms with Crippen molar-refractivity contribution in [2.75, 3.05) is 13.1 Å². The molecule has 3 N–H and O–H groups in total. The quantitative estimate of drug-likeness (QED) is 0.729. The number of carbonyl (C=O) groups excluding carboxylic acids is 2. The van der Waals surface area contributed by atoms with Gasteiger partial charge in [0.2, 0.25) is 11.8 Å². The maximum atomic E-state index is 11.8. The van der Waals surface area contributed by atoms with Crippen molar-refractivity contribution in [2.45, 2.75) is 45.2 Å². The summed E-state index contributed by atoms with van der Waals surface area (Å²) in [5.41, 5.74) is -0.338. The fourth-order valence-electron chi connectivity index (χ4n) is 2.07. The van der Waals surface area contributed by atoms with Crippen molar-refractivity contribution in [1.82, 2.24) is 26.1 Å². The molecule has 116 valence electrons. The first-order valence-corrected chi connectivity index (χ1v) is 7.01. The molecule has 1 aliphatic heterocycles. The smallest absolute Gasteiger partial charge is 0.293 e. The van der Waals surface area contributed by atoms with Gasteiger partial charge in [-0.25, -0.2) is 0 Å². The topological polar surface area (TPSA) is 109 Å². The van der Waals surface area contributed by atoms with Gasteiger partial charge in [-0.2, -0.15) is 4.98 Å². The average molecular weight is 295 g/mol. The summed E-state index contributed by atoms with van der Waals surface area (Å²) in [4.78, 5) is 27.5. The molecule has 2 amide bonds. The monoisotopic (exact) mass is 295 g/mol. The van der Waals surface area contributed by atoms with Gasteiger partial charge in [-0.3, -0.25) is 9.59 Å². The summed E-state index contributed by atoms with van der Waals surface area (Å²) in [6.45, 7) is 6.38. The third-order valence-electron chi connectivity index (χ3n) is 2.93. The molecule has 1 saturated heterocycles. The molecule has 1 unspecified atom stereocenters. The van der Waals surface area contributed by atoms with E-state index in [0.717, 1.165) is 19.4 Å². The molecule has 0 aromatic carbocycles. The summed E-state index contributed by atoms with van der Waals surface area (Å²) in [6, 6.07) is 0.0169. The van der Waals surface area contributed by atoms with E-state index in [4.69, 9.17) is 4.52 Å². The van der Waals surface area contributed by atoms with Crippen LogP contribution in [-0.2, 0) is 4.79 Å². The number of hydrogen-bond donors (Lipinski definition) is 3. The van der Waals surface area contributed by atoms with Crippen LogP contribution in [0, 0.1) is 0 Å². The molecule has 1 atom stereocenters. The highest BCUT2D eigenvalue weighted by Crippen LogP contribution is 2.20. The van der Waals surface area contributed by atoms with Gasteiger partial charge in [-0.05, 0) is 40.2 Å². The Morgan fingerprint density at radius 2 is 2.19 bits per heavy atom. The summed E-state index contributed by atoms with van der Waals surface area (Å²) < 4.78 is 5.07. The van der Waals surface area contributed by atoms with E-state index in [1.165, 1.54) is 0 Å². The highest BCUT2D eigenvalue weighted by molar-refractivity contribution is 5.93. The Morgan fingerprint density at radius 1 is 1.43 bits per heavy atom. The number of aromatic nitrogens is 2. The molecular weight excluding hydrogens is 274 g/mol. The summed E-state index contributed by atoms with van der Waals surface area (Å²) in [6.07, 6.45) is 1.96. The van der Waals surface area contributed by atoms with Crippen LogP contribution in [0.5, 0.6) is 0 Å². The Balaban J connectivity index is 1.84. The number of rotatable bonds is 4. The first-order valence-electron chi connectivity index (χ1n) is 7.01. The summed E-state index contributed by atoms with van der Waals surface area (Å²) in [7, 11) is 0. The lowest BCUT2D eigenvalue weighted by atomic mass is 10.1. The Kier molecular flexibility index (Phi) is 4.56. The normalized spacial score (nSPS) is 18.5. The van der Waals surface area contributed by atoms with E-state index >= 15 is 0 Å². The van der Waals surface area contributed by atoms with Crippen molar-refractivity contribution in [1.29, 1.82) is 0 Å². The van der Waals surface area contributed by atoms with Crippen LogP contribution < -0.4 is 16.0 Å². The molecule has 0 bridgehead atoms. The number of carbonyl (C=O) groups is 2. The van der Waals surface area contributed by atoms with Crippen molar-refractivity contribution in [3.05, 3.63) is 11.7 Å². The van der Waals surface area contributed by atoms with Crippen molar-refractivity contribution in [2.24, 2.45) is 0 Å². The Bertz CT molecular complexity index is 514. The second kappa shape index (κ2) is 6.21. The zero-order valence-corrected chi connectivity index (χ0v) is 12.5. The fraction of sp³-hybridized carbons (Fsp3) is 0.692. The largest absolute Gasteiger partial charge is 0.350 e. The molecule has 1 aromatic rings. The minimum Gasteiger partial charge on any atom is -0.350 e. The van der Waals surface area contributed by atoms with Crippen molar-refractivity contribution >= 4 is 11.8 Å². The van der Waals surface area contributed by atoms with E-state index < -0.39 is 5.91 Å². The predicted molar refractivity (Wildman–Crippen MR) is 74.5 cm³/mol. The lowest BCUT2D eigenvalue weighted by Crippen LogP contribution is -2.45. The lowest BCUT2D eigenvalue weighted by molar-refractivity contribution is -0.121. The van der Waals surface area contributed by atoms with Gasteiger partial charge in [-0.1, -0.05) is 5.16 Å². The van der Waals surface area contributed by atoms with Gasteiger partial charge in [-0.15, -0.1) is 0 Å². The van der Waals surface area contributed by atoms with Crippen LogP contribution in [0.25, 0.3) is 0 Å². The highest BCUT2D eigenvalue weighted by Gasteiger charge is 2.24. The van der Waals surface area contributed by atoms with Gasteiger partial charge < -0.3 is 20.5 Å². The van der Waals surface area contributed by atoms with Crippen LogP contribution in [0.2, 0.25) is 0 Å². The standard InChI is InChI=1S/C13H21N5O3/c1-13(2,3)17-9(19)7-15-11(20)10-16-12(21-18-10)8-5-4-6-14-8/h8,14H,4-7H2,1-3H3,(H,15,20)(H,17,19). The number of nitrogens with one attached hydrogen (secondary N) is 3. The second-order valence-electron chi connectivity index (χ2n) is 6.09. The van der Waals surface area contributed by atoms with Crippen LogP contribution in [0.3, 0.4) is 0 Å². The third-order valence-corrected chi connectivity index (χ3v) is 2.93. The van der Waals surface area contributed by atoms with Gasteiger partial charge in [0.15, 0.2) is 0 Å². The van der Waals surface area contributed by atoms with Crippen LogP contribution in [0.4, 0.5) is 0 Å². The molecule has 0 radical (unpaired) electrons. The van der Waals surface area contributed by atoms with Crippen molar-refractivity contribution in [3.8, 4) is 0 Å². The van der Waals surface area contributed by atoms with Crippen LogP contribution >= 0.6 is 0 Å². The minimum absolute atomic E-state index is 0.0169. The molecule has 0 aliphatic carbocycles. The van der Waals surface area contributed by atoms with E-state index in [1.54, 1.807) is 0 Å². The van der Waals surface area contributed by atoms with E-state index in [9.17, 15) is 9.59 Å². The number of nitrogens with zero attached hydrogens (tertiary/aromatic N) is 2. The molecule has 0 saturated carbocycles. The van der Waals surface area contributed by atoms with E-state index in [0.29, 0.717) is 5.89 Å². The molecule has 1 aliphatic rings. The first-order chi connectivity index (χ1) is 9.85. The zero-order chi connectivity index (χ0) is 15.5. The van der Waals surface area contributed by atoms with Crippen LogP contribution in [0.1, 0.15) is 56.2 Å². The van der Waals surface area contributed by atoms with Gasteiger partial charge in [0.1, 0.15) is 0 Å². The molecule has 8 heteroatoms. The van der Waals surface area contributed by atoms with Gasteiger partial charge in [0.25, 0.3) is 11.7 Å². The van der Waals surface area contributed by atoms with Gasteiger partial charge in [0, 0.05) is 5.54 Å². The Labute approximate surface area is 123 Å². The maximum Gasteiger partial charge on any atom is 0.293 e. The van der Waals surface area contributed by atoms with Crippen molar-refractivity contribution < 1.29 is 14.1 Å². The first kappa shape index (κ1) is 15.4. The molecule has 1 aromatic heterocycles. The zero-order valence-electron chi connectivity index (χ0n) is 12.5. The average Bonchev–Trinajstić information content (AvgIpc) is 3.03. The van der Waals surface area contributed by atoms with Gasteiger partial charge >= 0.3 is 0 Å². The maximum absolute atomic E-state index is 11.8. The van der Waals surface area contributed by atoms with E-state index in [1.807, 2.05) is 20.8 Å². The summed E-state index contributed by atoms with van der Waals surface area (Å²) in [5, 5.41) is 12.1. The molecule has 1 fully saturated rings. The summed E-state index contributed by atoms with van der Waals surface area (Å²) in [5.74, 6) is -0.428. The highest BCUT2D eigenvalue weighted by atomic mass is 16.5. The third kappa shape index (κ3) is 4.52. The van der Waals surface area contributed by atoms with E-state index in [-0.39, 0.29) is 29.9 Å². The van der Waals surface area contributed by atoms with Crippen LogP contribution in [-0.4, -0.2) is 40.6 Å². The SMILES string of the molecule is CC(C)(C)NC(=O)CNC(=O)c1noc(C2CCCN2)n1. The molecule has 2 rings (SSSR count). The molecule has 8 nitrogen and oxygen atoms in total. The Hall–Kier alpha value is -1.96. The second-order valence-corrected chi connectivity index (χ2v) is 6.09. The number of amides is 2. The number of hydrogen-bond acceptors (Lipinski definition) is 6. The molecule has 2 heterocycles. The van der Waals surface area contributed by atoms with Gasteiger partial charge in [0.05, 0.1) is 12.6 Å². The fourth-order valence-corrected chi connectivity index (χ4v) is 2.07. The molecule has 21 heavy (non-hydrogen) atoms.